The normalized spacial score (nSPS) is 10.7. The molecule has 0 saturated carbocycles. The Morgan fingerprint density at radius 1 is 1.44 bits per heavy atom. The minimum atomic E-state index is 0.0530. The lowest BCUT2D eigenvalue weighted by Gasteiger charge is -2.14. The van der Waals surface area contributed by atoms with E-state index in [9.17, 15) is 4.79 Å². The SMILES string of the molecule is CCC(CC)NC(=O)CNCc1ccoc1. The lowest BCUT2D eigenvalue weighted by Crippen LogP contribution is -2.39. The van der Waals surface area contributed by atoms with Crippen molar-refractivity contribution >= 4 is 5.91 Å². The zero-order valence-corrected chi connectivity index (χ0v) is 9.95. The summed E-state index contributed by atoms with van der Waals surface area (Å²) in [5.41, 5.74) is 1.05. The molecule has 1 rings (SSSR count). The highest BCUT2D eigenvalue weighted by Crippen LogP contribution is 1.98. The molecule has 0 fully saturated rings. The van der Waals surface area contributed by atoms with E-state index in [2.05, 4.69) is 24.5 Å². The van der Waals surface area contributed by atoms with Crippen LogP contribution in [0.25, 0.3) is 0 Å². The Labute approximate surface area is 96.4 Å². The lowest BCUT2D eigenvalue weighted by atomic mass is 10.2. The molecule has 0 spiro atoms. The molecule has 90 valence electrons. The van der Waals surface area contributed by atoms with E-state index in [4.69, 9.17) is 4.42 Å². The number of hydrogen-bond acceptors (Lipinski definition) is 3. The number of carbonyl (C=O) groups excluding carboxylic acids is 1. The summed E-state index contributed by atoms with van der Waals surface area (Å²) in [5, 5.41) is 6.04. The van der Waals surface area contributed by atoms with Gasteiger partial charge >= 0.3 is 0 Å². The van der Waals surface area contributed by atoms with E-state index in [-0.39, 0.29) is 5.91 Å². The predicted molar refractivity (Wildman–Crippen MR) is 62.9 cm³/mol. The largest absolute Gasteiger partial charge is 0.472 e. The van der Waals surface area contributed by atoms with Crippen LogP contribution in [0.4, 0.5) is 0 Å². The molecule has 4 heteroatoms. The van der Waals surface area contributed by atoms with Crippen LogP contribution in [0.2, 0.25) is 0 Å². The molecule has 4 nitrogen and oxygen atoms in total. The van der Waals surface area contributed by atoms with E-state index in [1.807, 2.05) is 6.07 Å². The molecule has 0 radical (unpaired) electrons. The molecular weight excluding hydrogens is 204 g/mol. The summed E-state index contributed by atoms with van der Waals surface area (Å²) in [6.07, 6.45) is 5.25. The van der Waals surface area contributed by atoms with Gasteiger partial charge < -0.3 is 15.1 Å². The van der Waals surface area contributed by atoms with E-state index in [1.165, 1.54) is 0 Å². The molecule has 16 heavy (non-hydrogen) atoms. The standard InChI is InChI=1S/C12H20N2O2/c1-3-11(4-2)14-12(15)8-13-7-10-5-6-16-9-10/h5-6,9,11,13H,3-4,7-8H2,1-2H3,(H,14,15). The summed E-state index contributed by atoms with van der Waals surface area (Å²) < 4.78 is 4.93. The van der Waals surface area contributed by atoms with Crippen LogP contribution in [-0.2, 0) is 11.3 Å². The summed E-state index contributed by atoms with van der Waals surface area (Å²) in [6, 6.07) is 2.18. The summed E-state index contributed by atoms with van der Waals surface area (Å²) in [6.45, 7) is 5.16. The highest BCUT2D eigenvalue weighted by Gasteiger charge is 2.07. The third kappa shape index (κ3) is 4.49. The zero-order chi connectivity index (χ0) is 11.8. The van der Waals surface area contributed by atoms with E-state index in [0.29, 0.717) is 19.1 Å². The average molecular weight is 224 g/mol. The van der Waals surface area contributed by atoms with Crippen LogP contribution in [0.15, 0.2) is 23.0 Å². The molecular formula is C12H20N2O2. The molecule has 0 atom stereocenters. The van der Waals surface area contributed by atoms with Crippen molar-refractivity contribution in [2.24, 2.45) is 0 Å². The van der Waals surface area contributed by atoms with Gasteiger partial charge in [0.15, 0.2) is 0 Å². The Hall–Kier alpha value is -1.29. The van der Waals surface area contributed by atoms with Crippen LogP contribution in [0.5, 0.6) is 0 Å². The second-order valence-electron chi connectivity index (χ2n) is 3.82. The van der Waals surface area contributed by atoms with Crippen molar-refractivity contribution in [3.63, 3.8) is 0 Å². The van der Waals surface area contributed by atoms with Gasteiger partial charge in [-0.3, -0.25) is 4.79 Å². The van der Waals surface area contributed by atoms with Gasteiger partial charge in [0.25, 0.3) is 0 Å². The van der Waals surface area contributed by atoms with Crippen LogP contribution in [0.3, 0.4) is 0 Å². The first-order valence-electron chi connectivity index (χ1n) is 5.77. The maximum Gasteiger partial charge on any atom is 0.234 e. The Balaban J connectivity index is 2.15. The maximum absolute atomic E-state index is 11.5. The molecule has 0 aliphatic carbocycles. The van der Waals surface area contributed by atoms with Gasteiger partial charge in [-0.25, -0.2) is 0 Å². The third-order valence-corrected chi connectivity index (χ3v) is 2.55. The molecule has 2 N–H and O–H groups in total. The van der Waals surface area contributed by atoms with Crippen LogP contribution in [0, 0.1) is 0 Å². The molecule has 0 aliphatic rings. The average Bonchev–Trinajstić information content (AvgIpc) is 2.79. The summed E-state index contributed by atoms with van der Waals surface area (Å²) in [7, 11) is 0. The number of hydrogen-bond donors (Lipinski definition) is 2. The maximum atomic E-state index is 11.5. The topological polar surface area (TPSA) is 54.3 Å². The van der Waals surface area contributed by atoms with Crippen LogP contribution >= 0.6 is 0 Å². The summed E-state index contributed by atoms with van der Waals surface area (Å²) in [5.74, 6) is 0.0530. The first-order chi connectivity index (χ1) is 7.76. The molecule has 1 amide bonds. The highest BCUT2D eigenvalue weighted by atomic mass is 16.3. The van der Waals surface area contributed by atoms with Crippen LogP contribution in [-0.4, -0.2) is 18.5 Å². The first-order valence-corrected chi connectivity index (χ1v) is 5.77. The molecule has 1 heterocycles. The summed E-state index contributed by atoms with van der Waals surface area (Å²) in [4.78, 5) is 11.5. The molecule has 0 aliphatic heterocycles. The van der Waals surface area contributed by atoms with Crippen molar-refractivity contribution in [1.82, 2.24) is 10.6 Å². The molecule has 0 unspecified atom stereocenters. The molecule has 1 aromatic heterocycles. The second kappa shape index (κ2) is 7.06. The second-order valence-corrected chi connectivity index (χ2v) is 3.82. The third-order valence-electron chi connectivity index (χ3n) is 2.55. The number of carbonyl (C=O) groups is 1. The van der Waals surface area contributed by atoms with Gasteiger partial charge in [0.1, 0.15) is 0 Å². The Morgan fingerprint density at radius 3 is 2.75 bits per heavy atom. The van der Waals surface area contributed by atoms with E-state index >= 15 is 0 Å². The number of amides is 1. The van der Waals surface area contributed by atoms with Crippen molar-refractivity contribution in [3.8, 4) is 0 Å². The van der Waals surface area contributed by atoms with Gasteiger partial charge in [0, 0.05) is 18.2 Å². The van der Waals surface area contributed by atoms with Gasteiger partial charge in [-0.15, -0.1) is 0 Å². The van der Waals surface area contributed by atoms with E-state index in [0.717, 1.165) is 18.4 Å². The van der Waals surface area contributed by atoms with Crippen molar-refractivity contribution in [2.75, 3.05) is 6.54 Å². The van der Waals surface area contributed by atoms with Crippen molar-refractivity contribution in [3.05, 3.63) is 24.2 Å². The van der Waals surface area contributed by atoms with Gasteiger partial charge in [0.05, 0.1) is 19.1 Å². The van der Waals surface area contributed by atoms with Crippen molar-refractivity contribution in [2.45, 2.75) is 39.3 Å². The minimum Gasteiger partial charge on any atom is -0.472 e. The summed E-state index contributed by atoms with van der Waals surface area (Å²) >= 11 is 0. The molecule has 0 saturated heterocycles. The van der Waals surface area contributed by atoms with Crippen molar-refractivity contribution in [1.29, 1.82) is 0 Å². The number of furan rings is 1. The smallest absolute Gasteiger partial charge is 0.234 e. The lowest BCUT2D eigenvalue weighted by molar-refractivity contribution is -0.121. The Bertz CT molecular complexity index is 292. The first kappa shape index (κ1) is 12.8. The van der Waals surface area contributed by atoms with Crippen LogP contribution < -0.4 is 10.6 Å². The fourth-order valence-electron chi connectivity index (χ4n) is 1.49. The minimum absolute atomic E-state index is 0.0530. The zero-order valence-electron chi connectivity index (χ0n) is 9.95. The van der Waals surface area contributed by atoms with Gasteiger partial charge in [0.2, 0.25) is 5.91 Å². The quantitative estimate of drug-likeness (QED) is 0.740. The van der Waals surface area contributed by atoms with Crippen molar-refractivity contribution < 1.29 is 9.21 Å². The fourth-order valence-corrected chi connectivity index (χ4v) is 1.49. The van der Waals surface area contributed by atoms with Crippen LogP contribution in [0.1, 0.15) is 32.3 Å². The highest BCUT2D eigenvalue weighted by molar-refractivity contribution is 5.78. The van der Waals surface area contributed by atoms with E-state index in [1.54, 1.807) is 12.5 Å². The Kier molecular flexibility index (Phi) is 5.64. The predicted octanol–water partition coefficient (Wildman–Crippen LogP) is 1.67. The van der Waals surface area contributed by atoms with Gasteiger partial charge in [-0.1, -0.05) is 13.8 Å². The molecule has 1 aromatic rings. The molecule has 0 aromatic carbocycles. The monoisotopic (exact) mass is 224 g/mol. The number of nitrogens with one attached hydrogen (secondary N) is 2. The Morgan fingerprint density at radius 2 is 2.19 bits per heavy atom. The number of rotatable bonds is 7. The van der Waals surface area contributed by atoms with Gasteiger partial charge in [-0.05, 0) is 18.9 Å². The molecule has 0 bridgehead atoms. The fraction of sp³-hybridized carbons (Fsp3) is 0.583. The van der Waals surface area contributed by atoms with Gasteiger partial charge in [-0.2, -0.15) is 0 Å². The van der Waals surface area contributed by atoms with E-state index < -0.39 is 0 Å².